The maximum absolute atomic E-state index is 13.5. The quantitative estimate of drug-likeness (QED) is 0.897. The van der Waals surface area contributed by atoms with E-state index in [1.807, 2.05) is 6.92 Å². The third-order valence-electron chi connectivity index (χ3n) is 3.60. The zero-order valence-electron chi connectivity index (χ0n) is 10.4. The molecule has 2 rings (SSSR count). The average Bonchev–Trinajstić information content (AvgIpc) is 2.33. The van der Waals surface area contributed by atoms with Gasteiger partial charge in [0.2, 0.25) is 0 Å². The Kier molecular flexibility index (Phi) is 3.76. The van der Waals surface area contributed by atoms with Gasteiger partial charge >= 0.3 is 0 Å². The lowest BCUT2D eigenvalue weighted by atomic mass is 9.84. The smallest absolute Gasteiger partial charge is 0.157 e. The number of nitrogens with one attached hydrogen (secondary N) is 1. The Balaban J connectivity index is 2.11. The molecule has 1 aliphatic rings. The molecule has 0 aliphatic carbocycles. The predicted molar refractivity (Wildman–Crippen MR) is 65.3 cm³/mol. The molecule has 0 radical (unpaired) electrons. The van der Waals surface area contributed by atoms with E-state index in [1.165, 1.54) is 12.1 Å². The molecular weight excluding hydrogens is 236 g/mol. The summed E-state index contributed by atoms with van der Waals surface area (Å²) in [6.07, 6.45) is 2.85. The number of carbonyl (C=O) groups excluding carboxylic acids is 1. The zero-order valence-corrected chi connectivity index (χ0v) is 10.4. The van der Waals surface area contributed by atoms with Crippen molar-refractivity contribution in [3.05, 3.63) is 35.4 Å². The van der Waals surface area contributed by atoms with E-state index >= 15 is 0 Å². The fraction of sp³-hybridized carbons (Fsp3) is 0.500. The van der Waals surface area contributed by atoms with Crippen LogP contribution in [0.25, 0.3) is 0 Å². The summed E-state index contributed by atoms with van der Waals surface area (Å²) in [6.45, 7) is 2.67. The minimum Gasteiger partial charge on any atom is -0.305 e. The topological polar surface area (TPSA) is 29.1 Å². The molecule has 1 saturated heterocycles. The van der Waals surface area contributed by atoms with E-state index in [2.05, 4.69) is 5.32 Å². The Morgan fingerprint density at radius 2 is 2.17 bits per heavy atom. The van der Waals surface area contributed by atoms with Crippen molar-refractivity contribution >= 4 is 5.78 Å². The molecule has 0 bridgehead atoms. The van der Waals surface area contributed by atoms with Crippen LogP contribution in [0.5, 0.6) is 0 Å². The fourth-order valence-electron chi connectivity index (χ4n) is 2.33. The van der Waals surface area contributed by atoms with Gasteiger partial charge < -0.3 is 5.32 Å². The summed E-state index contributed by atoms with van der Waals surface area (Å²) in [5.74, 6) is -1.30. The molecule has 0 saturated carbocycles. The second-order valence-electron chi connectivity index (χ2n) is 5.05. The van der Waals surface area contributed by atoms with Crippen molar-refractivity contribution in [3.63, 3.8) is 0 Å². The van der Waals surface area contributed by atoms with E-state index in [0.29, 0.717) is 0 Å². The van der Waals surface area contributed by atoms with E-state index < -0.39 is 17.2 Å². The number of ketones is 1. The normalized spacial score (nSPS) is 23.9. The van der Waals surface area contributed by atoms with Crippen LogP contribution < -0.4 is 5.32 Å². The maximum Gasteiger partial charge on any atom is 0.157 e. The lowest BCUT2D eigenvalue weighted by molar-refractivity contribution is -0.125. The van der Waals surface area contributed by atoms with Crippen LogP contribution in [0.4, 0.5) is 8.78 Å². The van der Waals surface area contributed by atoms with Crippen LogP contribution in [-0.2, 0) is 11.2 Å². The molecule has 1 aromatic carbocycles. The second kappa shape index (κ2) is 5.14. The first-order chi connectivity index (χ1) is 8.51. The summed E-state index contributed by atoms with van der Waals surface area (Å²) < 4.78 is 26.3. The molecule has 0 amide bonds. The molecule has 1 aliphatic heterocycles. The molecule has 1 unspecified atom stereocenters. The van der Waals surface area contributed by atoms with Crippen molar-refractivity contribution < 1.29 is 13.6 Å². The minimum absolute atomic E-state index is 0.00954. The van der Waals surface area contributed by atoms with Crippen molar-refractivity contribution in [2.75, 3.05) is 6.54 Å². The third-order valence-corrected chi connectivity index (χ3v) is 3.60. The van der Waals surface area contributed by atoms with E-state index in [0.717, 1.165) is 31.9 Å². The minimum atomic E-state index is -0.650. The van der Waals surface area contributed by atoms with E-state index in [1.54, 1.807) is 0 Å². The van der Waals surface area contributed by atoms with Crippen molar-refractivity contribution in [2.24, 2.45) is 0 Å². The van der Waals surface area contributed by atoms with Crippen molar-refractivity contribution in [1.29, 1.82) is 0 Å². The van der Waals surface area contributed by atoms with Crippen molar-refractivity contribution in [3.8, 4) is 0 Å². The standard InChI is InChI=1S/C14H17F2NO/c1-14(6-2-3-7-17-14)13(18)8-10-4-5-11(15)9-12(10)16/h4-5,9,17H,2-3,6-8H2,1H3. The highest BCUT2D eigenvalue weighted by Gasteiger charge is 2.33. The highest BCUT2D eigenvalue weighted by atomic mass is 19.1. The first-order valence-corrected chi connectivity index (χ1v) is 6.23. The summed E-state index contributed by atoms with van der Waals surface area (Å²) >= 11 is 0. The number of rotatable bonds is 3. The van der Waals surface area contributed by atoms with Crippen LogP contribution in [0.1, 0.15) is 31.7 Å². The molecule has 4 heteroatoms. The molecule has 1 aromatic rings. The van der Waals surface area contributed by atoms with Gasteiger partial charge in [-0.05, 0) is 44.4 Å². The summed E-state index contributed by atoms with van der Waals surface area (Å²) in [5, 5.41) is 3.20. The van der Waals surface area contributed by atoms with E-state index in [-0.39, 0.29) is 17.8 Å². The molecular formula is C14H17F2NO. The van der Waals surface area contributed by atoms with Gasteiger partial charge in [0.25, 0.3) is 0 Å². The molecule has 1 fully saturated rings. The zero-order chi connectivity index (χ0) is 13.2. The van der Waals surface area contributed by atoms with Gasteiger partial charge in [-0.25, -0.2) is 8.78 Å². The van der Waals surface area contributed by atoms with E-state index in [4.69, 9.17) is 0 Å². The van der Waals surface area contributed by atoms with E-state index in [9.17, 15) is 13.6 Å². The number of piperidine rings is 1. The van der Waals surface area contributed by atoms with Gasteiger partial charge in [0.1, 0.15) is 11.6 Å². The second-order valence-corrected chi connectivity index (χ2v) is 5.05. The Labute approximate surface area is 105 Å². The SMILES string of the molecule is CC1(C(=O)Cc2ccc(F)cc2F)CCCCN1. The number of hydrogen-bond acceptors (Lipinski definition) is 2. The average molecular weight is 253 g/mol. The summed E-state index contributed by atoms with van der Waals surface area (Å²) in [4.78, 5) is 12.2. The molecule has 0 spiro atoms. The van der Waals surface area contributed by atoms with Crippen LogP contribution in [0, 0.1) is 11.6 Å². The molecule has 0 aromatic heterocycles. The highest BCUT2D eigenvalue weighted by Crippen LogP contribution is 2.22. The predicted octanol–water partition coefficient (Wildman–Crippen LogP) is 2.61. The first-order valence-electron chi connectivity index (χ1n) is 6.23. The van der Waals surface area contributed by atoms with Crippen LogP contribution in [-0.4, -0.2) is 17.9 Å². The number of carbonyl (C=O) groups is 1. The molecule has 1 N–H and O–H groups in total. The first kappa shape index (κ1) is 13.1. The van der Waals surface area contributed by atoms with Gasteiger partial charge in [-0.1, -0.05) is 6.07 Å². The number of benzene rings is 1. The van der Waals surface area contributed by atoms with Crippen LogP contribution in [0.15, 0.2) is 18.2 Å². The van der Waals surface area contributed by atoms with Gasteiger partial charge in [-0.2, -0.15) is 0 Å². The summed E-state index contributed by atoms with van der Waals surface area (Å²) in [6, 6.07) is 3.34. The summed E-state index contributed by atoms with van der Waals surface area (Å²) in [5.41, 5.74) is -0.311. The monoisotopic (exact) mass is 253 g/mol. The molecule has 1 atom stereocenters. The highest BCUT2D eigenvalue weighted by molar-refractivity contribution is 5.90. The fourth-order valence-corrected chi connectivity index (χ4v) is 2.33. The van der Waals surface area contributed by atoms with Gasteiger partial charge in [-0.15, -0.1) is 0 Å². The number of halogens is 2. The lowest BCUT2D eigenvalue weighted by Gasteiger charge is -2.33. The molecule has 1 heterocycles. The maximum atomic E-state index is 13.5. The van der Waals surface area contributed by atoms with Gasteiger partial charge in [-0.3, -0.25) is 4.79 Å². The van der Waals surface area contributed by atoms with Gasteiger partial charge in [0.05, 0.1) is 5.54 Å². The molecule has 98 valence electrons. The number of Topliss-reactive ketones (excluding diaryl/α,β-unsaturated/α-hetero) is 1. The largest absolute Gasteiger partial charge is 0.305 e. The van der Waals surface area contributed by atoms with Gasteiger partial charge in [0.15, 0.2) is 5.78 Å². The molecule has 2 nitrogen and oxygen atoms in total. The number of hydrogen-bond donors (Lipinski definition) is 1. The Morgan fingerprint density at radius 3 is 2.78 bits per heavy atom. The molecule has 18 heavy (non-hydrogen) atoms. The van der Waals surface area contributed by atoms with Crippen molar-refractivity contribution in [1.82, 2.24) is 5.32 Å². The Bertz CT molecular complexity index is 453. The Hall–Kier alpha value is -1.29. The Morgan fingerprint density at radius 1 is 1.39 bits per heavy atom. The summed E-state index contributed by atoms with van der Waals surface area (Å²) in [7, 11) is 0. The van der Waals surface area contributed by atoms with Crippen molar-refractivity contribution in [2.45, 2.75) is 38.1 Å². The van der Waals surface area contributed by atoms with Crippen LogP contribution in [0.3, 0.4) is 0 Å². The van der Waals surface area contributed by atoms with Crippen LogP contribution >= 0.6 is 0 Å². The van der Waals surface area contributed by atoms with Crippen LogP contribution in [0.2, 0.25) is 0 Å². The van der Waals surface area contributed by atoms with Gasteiger partial charge in [0, 0.05) is 12.5 Å². The third kappa shape index (κ3) is 2.75. The lowest BCUT2D eigenvalue weighted by Crippen LogP contribution is -2.52.